The number of nitrogens with zero attached hydrogens (tertiary/aromatic N) is 3. The molecule has 7 heteroatoms. The number of hydrogen-bond donors (Lipinski definition) is 1. The van der Waals surface area contributed by atoms with E-state index in [0.29, 0.717) is 48.0 Å². The Morgan fingerprint density at radius 1 is 1.23 bits per heavy atom. The van der Waals surface area contributed by atoms with Crippen molar-refractivity contribution in [1.29, 1.82) is 0 Å². The van der Waals surface area contributed by atoms with E-state index < -0.39 is 5.95 Å². The van der Waals surface area contributed by atoms with Gasteiger partial charge in [-0.3, -0.25) is 9.69 Å². The smallest absolute Gasteiger partial charge is 0.255 e. The lowest BCUT2D eigenvalue weighted by Crippen LogP contribution is -2.35. The molecule has 0 radical (unpaired) electrons. The van der Waals surface area contributed by atoms with E-state index in [0.717, 1.165) is 11.3 Å². The van der Waals surface area contributed by atoms with Crippen molar-refractivity contribution in [2.45, 2.75) is 19.5 Å². The molecule has 26 heavy (non-hydrogen) atoms. The van der Waals surface area contributed by atoms with Crippen LogP contribution in [0.2, 0.25) is 5.02 Å². The number of rotatable bonds is 3. The molecule has 1 aromatic carbocycles. The van der Waals surface area contributed by atoms with Gasteiger partial charge in [0.15, 0.2) is 0 Å². The molecule has 0 spiro atoms. The van der Waals surface area contributed by atoms with Crippen molar-refractivity contribution in [3.05, 3.63) is 80.7 Å². The number of benzene rings is 1. The molecular weight excluding hydrogens is 355 g/mol. The van der Waals surface area contributed by atoms with E-state index in [1.54, 1.807) is 24.3 Å². The van der Waals surface area contributed by atoms with Crippen LogP contribution in [-0.4, -0.2) is 26.4 Å². The maximum Gasteiger partial charge on any atom is 0.255 e. The Morgan fingerprint density at radius 2 is 2.04 bits per heavy atom. The van der Waals surface area contributed by atoms with Crippen LogP contribution in [0.1, 0.15) is 16.8 Å². The van der Waals surface area contributed by atoms with Crippen molar-refractivity contribution in [3.63, 3.8) is 0 Å². The predicted octanol–water partition coefficient (Wildman–Crippen LogP) is 3.18. The van der Waals surface area contributed by atoms with Crippen LogP contribution in [-0.2, 0) is 19.5 Å². The number of halogens is 2. The Labute approximate surface area is 154 Å². The molecule has 0 aliphatic carbocycles. The lowest BCUT2D eigenvalue weighted by Gasteiger charge is -2.27. The van der Waals surface area contributed by atoms with Gasteiger partial charge < -0.3 is 4.98 Å². The van der Waals surface area contributed by atoms with Crippen LogP contribution in [0.4, 0.5) is 4.39 Å². The number of hydrogen-bond acceptors (Lipinski definition) is 4. The van der Waals surface area contributed by atoms with Crippen LogP contribution in [0.3, 0.4) is 0 Å². The van der Waals surface area contributed by atoms with Gasteiger partial charge in [-0.15, -0.1) is 0 Å². The van der Waals surface area contributed by atoms with E-state index in [1.165, 1.54) is 6.20 Å². The summed E-state index contributed by atoms with van der Waals surface area (Å²) < 4.78 is 13.8. The second-order valence-corrected chi connectivity index (χ2v) is 6.70. The maximum absolute atomic E-state index is 13.8. The van der Waals surface area contributed by atoms with E-state index >= 15 is 0 Å². The van der Waals surface area contributed by atoms with Crippen LogP contribution in [0.25, 0.3) is 11.4 Å². The zero-order valence-electron chi connectivity index (χ0n) is 13.9. The molecule has 0 unspecified atom stereocenters. The number of aromatic amines is 1. The van der Waals surface area contributed by atoms with Crippen molar-refractivity contribution in [2.24, 2.45) is 0 Å². The minimum absolute atomic E-state index is 0.156. The maximum atomic E-state index is 13.8. The SMILES string of the molecule is O=c1[nH]c(-c2ccc(Cl)cc2)nc2c1CN(Cc1cccnc1F)CC2. The Hall–Kier alpha value is -2.57. The predicted molar refractivity (Wildman–Crippen MR) is 97.3 cm³/mol. The lowest BCUT2D eigenvalue weighted by atomic mass is 10.1. The molecule has 0 amide bonds. The van der Waals surface area contributed by atoms with E-state index in [1.807, 2.05) is 17.0 Å². The molecule has 1 aliphatic heterocycles. The van der Waals surface area contributed by atoms with Crippen molar-refractivity contribution >= 4 is 11.6 Å². The lowest BCUT2D eigenvalue weighted by molar-refractivity contribution is 0.237. The first-order valence-corrected chi connectivity index (χ1v) is 8.68. The Morgan fingerprint density at radius 3 is 2.81 bits per heavy atom. The minimum atomic E-state index is -0.469. The van der Waals surface area contributed by atoms with Gasteiger partial charge in [-0.05, 0) is 30.3 Å². The van der Waals surface area contributed by atoms with Gasteiger partial charge in [-0.25, -0.2) is 9.97 Å². The van der Waals surface area contributed by atoms with Crippen LogP contribution in [0.5, 0.6) is 0 Å². The molecule has 0 atom stereocenters. The van der Waals surface area contributed by atoms with Gasteiger partial charge in [0.2, 0.25) is 5.95 Å². The van der Waals surface area contributed by atoms with E-state index in [9.17, 15) is 9.18 Å². The molecule has 4 rings (SSSR count). The van der Waals surface area contributed by atoms with Gasteiger partial charge in [0.1, 0.15) is 5.82 Å². The Bertz CT molecular complexity index is 1000. The third kappa shape index (κ3) is 3.38. The average molecular weight is 371 g/mol. The Kier molecular flexibility index (Phi) is 4.53. The highest BCUT2D eigenvalue weighted by Gasteiger charge is 2.22. The molecule has 0 saturated heterocycles. The van der Waals surface area contributed by atoms with E-state index in [4.69, 9.17) is 11.6 Å². The zero-order chi connectivity index (χ0) is 18.1. The van der Waals surface area contributed by atoms with Gasteiger partial charge in [-0.1, -0.05) is 17.7 Å². The largest absolute Gasteiger partial charge is 0.306 e. The second-order valence-electron chi connectivity index (χ2n) is 6.26. The third-order valence-electron chi connectivity index (χ3n) is 4.50. The summed E-state index contributed by atoms with van der Waals surface area (Å²) in [6.07, 6.45) is 2.07. The molecular formula is C19H16ClFN4O. The summed E-state index contributed by atoms with van der Waals surface area (Å²) in [5.41, 5.74) is 2.61. The summed E-state index contributed by atoms with van der Waals surface area (Å²) in [4.78, 5) is 25.7. The number of fused-ring (bicyclic) bond motifs is 1. The van der Waals surface area contributed by atoms with Crippen molar-refractivity contribution < 1.29 is 4.39 Å². The summed E-state index contributed by atoms with van der Waals surface area (Å²) in [6, 6.07) is 10.6. The number of pyridine rings is 1. The van der Waals surface area contributed by atoms with Crippen LogP contribution in [0.15, 0.2) is 47.4 Å². The molecule has 3 heterocycles. The molecule has 3 aromatic rings. The first-order valence-electron chi connectivity index (χ1n) is 8.30. The number of H-pyrrole nitrogens is 1. The van der Waals surface area contributed by atoms with Gasteiger partial charge in [0.05, 0.1) is 11.3 Å². The van der Waals surface area contributed by atoms with Crippen molar-refractivity contribution in [3.8, 4) is 11.4 Å². The van der Waals surface area contributed by atoms with Gasteiger partial charge >= 0.3 is 0 Å². The molecule has 132 valence electrons. The quantitative estimate of drug-likeness (QED) is 0.719. The Balaban J connectivity index is 1.59. The standard InChI is InChI=1S/C19H16ClFN4O/c20-14-5-3-12(4-6-14)18-23-16-7-9-25(11-15(16)19(26)24-18)10-13-2-1-8-22-17(13)21/h1-6,8H,7,9-11H2,(H,23,24,26). The minimum Gasteiger partial charge on any atom is -0.306 e. The average Bonchev–Trinajstić information content (AvgIpc) is 2.64. The summed E-state index contributed by atoms with van der Waals surface area (Å²) in [6.45, 7) is 1.56. The van der Waals surface area contributed by atoms with Gasteiger partial charge in [0.25, 0.3) is 5.56 Å². The van der Waals surface area contributed by atoms with Crippen LogP contribution >= 0.6 is 11.6 Å². The van der Waals surface area contributed by atoms with Crippen molar-refractivity contribution in [2.75, 3.05) is 6.54 Å². The fourth-order valence-corrected chi connectivity index (χ4v) is 3.26. The molecule has 0 fully saturated rings. The highest BCUT2D eigenvalue weighted by Crippen LogP contribution is 2.21. The topological polar surface area (TPSA) is 61.9 Å². The zero-order valence-corrected chi connectivity index (χ0v) is 14.6. The molecule has 1 aliphatic rings. The van der Waals surface area contributed by atoms with E-state index in [2.05, 4.69) is 15.0 Å². The summed E-state index contributed by atoms with van der Waals surface area (Å²) >= 11 is 5.91. The normalized spacial score (nSPS) is 14.2. The van der Waals surface area contributed by atoms with E-state index in [-0.39, 0.29) is 5.56 Å². The second kappa shape index (κ2) is 6.97. The van der Waals surface area contributed by atoms with Crippen LogP contribution in [0, 0.1) is 5.95 Å². The first kappa shape index (κ1) is 16.9. The first-order chi connectivity index (χ1) is 12.6. The fourth-order valence-electron chi connectivity index (χ4n) is 3.14. The molecule has 5 nitrogen and oxygen atoms in total. The third-order valence-corrected chi connectivity index (χ3v) is 4.75. The molecule has 0 saturated carbocycles. The molecule has 0 bridgehead atoms. The monoisotopic (exact) mass is 370 g/mol. The summed E-state index contributed by atoms with van der Waals surface area (Å²) in [5, 5.41) is 0.632. The number of aromatic nitrogens is 3. The fraction of sp³-hybridized carbons (Fsp3) is 0.211. The number of nitrogens with one attached hydrogen (secondary N) is 1. The highest BCUT2D eigenvalue weighted by atomic mass is 35.5. The molecule has 1 N–H and O–H groups in total. The van der Waals surface area contributed by atoms with Gasteiger partial charge in [-0.2, -0.15) is 4.39 Å². The highest BCUT2D eigenvalue weighted by molar-refractivity contribution is 6.30. The van der Waals surface area contributed by atoms with Crippen LogP contribution < -0.4 is 5.56 Å². The molecule has 2 aromatic heterocycles. The van der Waals surface area contributed by atoms with Gasteiger partial charge in [0, 0.05) is 48.4 Å². The summed E-state index contributed by atoms with van der Waals surface area (Å²) in [5.74, 6) is 0.0700. The summed E-state index contributed by atoms with van der Waals surface area (Å²) in [7, 11) is 0. The van der Waals surface area contributed by atoms with Crippen molar-refractivity contribution in [1.82, 2.24) is 19.9 Å².